The predicted molar refractivity (Wildman–Crippen MR) is 72.2 cm³/mol. The molecule has 0 unspecified atom stereocenters. The van der Waals surface area contributed by atoms with E-state index in [1.807, 2.05) is 11.8 Å². The lowest BCUT2D eigenvalue weighted by Gasteiger charge is -2.32. The fourth-order valence-corrected chi connectivity index (χ4v) is 3.22. The summed E-state index contributed by atoms with van der Waals surface area (Å²) in [5.41, 5.74) is 0.229. The van der Waals surface area contributed by atoms with Crippen LogP contribution in [-0.2, 0) is 0 Å². The van der Waals surface area contributed by atoms with Gasteiger partial charge in [0, 0.05) is 23.9 Å². The first-order valence-corrected chi connectivity index (χ1v) is 7.21. The van der Waals surface area contributed by atoms with Crippen LogP contribution in [0.5, 0.6) is 0 Å². The third-order valence-corrected chi connectivity index (χ3v) is 4.20. The van der Waals surface area contributed by atoms with Crippen molar-refractivity contribution in [1.29, 1.82) is 0 Å². The lowest BCUT2D eigenvalue weighted by molar-refractivity contribution is 0.333. The summed E-state index contributed by atoms with van der Waals surface area (Å²) in [5.74, 6) is 1.19. The van der Waals surface area contributed by atoms with E-state index in [2.05, 4.69) is 36.1 Å². The van der Waals surface area contributed by atoms with Gasteiger partial charge < -0.3 is 10.2 Å². The molecule has 16 heavy (non-hydrogen) atoms. The number of hydrogen-bond donors (Lipinski definition) is 1. The van der Waals surface area contributed by atoms with Crippen molar-refractivity contribution in [3.05, 3.63) is 0 Å². The van der Waals surface area contributed by atoms with Gasteiger partial charge in [-0.05, 0) is 40.2 Å². The van der Waals surface area contributed by atoms with Crippen molar-refractivity contribution in [2.45, 2.75) is 44.7 Å². The van der Waals surface area contributed by atoms with Gasteiger partial charge in [0.15, 0.2) is 5.17 Å². The second-order valence-electron chi connectivity index (χ2n) is 5.51. The largest absolute Gasteiger partial charge is 0.360 e. The molecule has 1 saturated heterocycles. The van der Waals surface area contributed by atoms with Crippen molar-refractivity contribution in [1.82, 2.24) is 10.2 Å². The standard InChI is InChI=1S/C12H23N3S/c1-12(2)6-9-16-11(14-12)13-7-8-15(3)10-4-5-10/h10H,4-9H2,1-3H3,(H,13,14). The Morgan fingerprint density at radius 3 is 2.88 bits per heavy atom. The summed E-state index contributed by atoms with van der Waals surface area (Å²) in [6.45, 7) is 6.52. The van der Waals surface area contributed by atoms with Crippen molar-refractivity contribution >= 4 is 16.9 Å². The molecule has 1 saturated carbocycles. The van der Waals surface area contributed by atoms with Crippen molar-refractivity contribution in [2.24, 2.45) is 4.99 Å². The molecule has 1 aliphatic heterocycles. The van der Waals surface area contributed by atoms with Crippen molar-refractivity contribution in [3.63, 3.8) is 0 Å². The highest BCUT2D eigenvalue weighted by molar-refractivity contribution is 8.13. The molecule has 3 nitrogen and oxygen atoms in total. The van der Waals surface area contributed by atoms with Crippen LogP contribution in [0.15, 0.2) is 4.99 Å². The topological polar surface area (TPSA) is 27.6 Å². The van der Waals surface area contributed by atoms with Crippen LogP contribution in [0.3, 0.4) is 0 Å². The molecule has 1 heterocycles. The second-order valence-corrected chi connectivity index (χ2v) is 6.59. The van der Waals surface area contributed by atoms with Crippen molar-refractivity contribution < 1.29 is 0 Å². The maximum atomic E-state index is 4.66. The van der Waals surface area contributed by atoms with Gasteiger partial charge in [0.2, 0.25) is 0 Å². The maximum Gasteiger partial charge on any atom is 0.157 e. The number of aliphatic imine (C=N–C) groups is 1. The summed E-state index contributed by atoms with van der Waals surface area (Å²) in [6, 6.07) is 0.851. The fraction of sp³-hybridized carbons (Fsp3) is 0.917. The average molecular weight is 241 g/mol. The molecular weight excluding hydrogens is 218 g/mol. The van der Waals surface area contributed by atoms with E-state index in [1.54, 1.807) is 0 Å². The quantitative estimate of drug-likeness (QED) is 0.815. The zero-order valence-electron chi connectivity index (χ0n) is 10.6. The van der Waals surface area contributed by atoms with E-state index in [9.17, 15) is 0 Å². The van der Waals surface area contributed by atoms with Gasteiger partial charge in [-0.1, -0.05) is 11.8 Å². The highest BCUT2D eigenvalue weighted by atomic mass is 32.2. The number of likely N-dealkylation sites (N-methyl/N-ethyl adjacent to an activating group) is 1. The molecular formula is C12H23N3S. The zero-order chi connectivity index (χ0) is 11.6. The molecule has 92 valence electrons. The molecule has 4 heteroatoms. The van der Waals surface area contributed by atoms with Crippen LogP contribution >= 0.6 is 11.8 Å². The third-order valence-electron chi connectivity index (χ3n) is 3.29. The minimum absolute atomic E-state index is 0.229. The van der Waals surface area contributed by atoms with E-state index in [-0.39, 0.29) is 5.54 Å². The highest BCUT2D eigenvalue weighted by Gasteiger charge is 2.26. The Morgan fingerprint density at radius 2 is 2.25 bits per heavy atom. The monoisotopic (exact) mass is 241 g/mol. The molecule has 0 aromatic carbocycles. The van der Waals surface area contributed by atoms with Gasteiger partial charge in [0.1, 0.15) is 0 Å². The molecule has 0 atom stereocenters. The Hall–Kier alpha value is -0.220. The Labute approximate surface area is 103 Å². The summed E-state index contributed by atoms with van der Waals surface area (Å²) in [4.78, 5) is 7.09. The zero-order valence-corrected chi connectivity index (χ0v) is 11.4. The Balaban J connectivity index is 1.73. The lowest BCUT2D eigenvalue weighted by Crippen LogP contribution is -2.46. The summed E-state index contributed by atoms with van der Waals surface area (Å²) in [7, 11) is 2.21. The minimum Gasteiger partial charge on any atom is -0.360 e. The number of thioether (sulfide) groups is 1. The third kappa shape index (κ3) is 3.67. The van der Waals surface area contributed by atoms with E-state index >= 15 is 0 Å². The van der Waals surface area contributed by atoms with Gasteiger partial charge in [-0.25, -0.2) is 0 Å². The first kappa shape index (κ1) is 12.2. The number of hydrogen-bond acceptors (Lipinski definition) is 3. The van der Waals surface area contributed by atoms with Crippen LogP contribution in [0.2, 0.25) is 0 Å². The molecule has 1 aliphatic carbocycles. The van der Waals surface area contributed by atoms with Gasteiger partial charge in [-0.3, -0.25) is 4.99 Å². The summed E-state index contributed by atoms with van der Waals surface area (Å²) in [5, 5.41) is 4.65. The molecule has 0 aromatic rings. The second kappa shape index (κ2) is 4.96. The summed E-state index contributed by atoms with van der Waals surface area (Å²) >= 11 is 1.86. The van der Waals surface area contributed by atoms with Gasteiger partial charge in [0.05, 0.1) is 6.54 Å². The normalized spacial score (nSPS) is 27.1. The highest BCUT2D eigenvalue weighted by Crippen LogP contribution is 2.25. The Morgan fingerprint density at radius 1 is 1.50 bits per heavy atom. The van der Waals surface area contributed by atoms with Crippen LogP contribution in [0, 0.1) is 0 Å². The van der Waals surface area contributed by atoms with E-state index in [0.29, 0.717) is 0 Å². The molecule has 0 spiro atoms. The number of nitrogens with one attached hydrogen (secondary N) is 1. The van der Waals surface area contributed by atoms with Crippen LogP contribution in [0.25, 0.3) is 0 Å². The van der Waals surface area contributed by atoms with E-state index in [4.69, 9.17) is 0 Å². The van der Waals surface area contributed by atoms with Gasteiger partial charge >= 0.3 is 0 Å². The van der Waals surface area contributed by atoms with Crippen LogP contribution in [-0.4, -0.2) is 47.5 Å². The summed E-state index contributed by atoms with van der Waals surface area (Å²) in [6.07, 6.45) is 3.98. The Kier molecular flexibility index (Phi) is 3.80. The molecule has 2 fully saturated rings. The van der Waals surface area contributed by atoms with Gasteiger partial charge in [-0.2, -0.15) is 0 Å². The predicted octanol–water partition coefficient (Wildman–Crippen LogP) is 1.94. The SMILES string of the molecule is CN(CCN=C1NC(C)(C)CCS1)C1CC1. The van der Waals surface area contributed by atoms with E-state index < -0.39 is 0 Å². The minimum atomic E-state index is 0.229. The van der Waals surface area contributed by atoms with Crippen LogP contribution in [0.4, 0.5) is 0 Å². The molecule has 0 aromatic heterocycles. The molecule has 1 N–H and O–H groups in total. The number of rotatable bonds is 4. The Bertz CT molecular complexity index is 271. The van der Waals surface area contributed by atoms with E-state index in [0.717, 1.165) is 24.3 Å². The first-order valence-electron chi connectivity index (χ1n) is 6.22. The maximum absolute atomic E-state index is 4.66. The smallest absolute Gasteiger partial charge is 0.157 e. The molecule has 2 rings (SSSR count). The molecule has 0 radical (unpaired) electrons. The lowest BCUT2D eigenvalue weighted by atomic mass is 10.0. The number of amidine groups is 1. The average Bonchev–Trinajstić information content (AvgIpc) is 2.99. The van der Waals surface area contributed by atoms with Gasteiger partial charge in [0.25, 0.3) is 0 Å². The van der Waals surface area contributed by atoms with Crippen LogP contribution < -0.4 is 5.32 Å². The molecule has 2 aliphatic rings. The summed E-state index contributed by atoms with van der Waals surface area (Å²) < 4.78 is 0. The van der Waals surface area contributed by atoms with Crippen molar-refractivity contribution in [3.8, 4) is 0 Å². The van der Waals surface area contributed by atoms with E-state index in [1.165, 1.54) is 25.0 Å². The van der Waals surface area contributed by atoms with Gasteiger partial charge in [-0.15, -0.1) is 0 Å². The molecule has 0 amide bonds. The molecule has 0 bridgehead atoms. The number of nitrogens with zero attached hydrogens (tertiary/aromatic N) is 2. The van der Waals surface area contributed by atoms with Crippen molar-refractivity contribution in [2.75, 3.05) is 25.9 Å². The van der Waals surface area contributed by atoms with Crippen LogP contribution in [0.1, 0.15) is 33.1 Å². The fourth-order valence-electron chi connectivity index (χ4n) is 1.88. The first-order chi connectivity index (χ1) is 7.57.